The number of likely N-dealkylation sites (tertiary alicyclic amines) is 1. The first-order chi connectivity index (χ1) is 9.63. The van der Waals surface area contributed by atoms with E-state index in [2.05, 4.69) is 30.7 Å². The van der Waals surface area contributed by atoms with Crippen molar-refractivity contribution in [1.82, 2.24) is 9.88 Å². The lowest BCUT2D eigenvalue weighted by Gasteiger charge is -2.18. The zero-order chi connectivity index (χ0) is 14.5. The zero-order valence-corrected chi connectivity index (χ0v) is 12.1. The quantitative estimate of drug-likeness (QED) is 0.829. The predicted octanol–water partition coefficient (Wildman–Crippen LogP) is 1.51. The lowest BCUT2D eigenvalue weighted by Crippen LogP contribution is -2.30. The van der Waals surface area contributed by atoms with Crippen LogP contribution >= 0.6 is 0 Å². The van der Waals surface area contributed by atoms with Crippen LogP contribution in [-0.4, -0.2) is 35.4 Å². The fourth-order valence-electron chi connectivity index (χ4n) is 2.51. The molecule has 4 heteroatoms. The molecule has 1 unspecified atom stereocenters. The Morgan fingerprint density at radius 2 is 2.40 bits per heavy atom. The molecule has 0 aliphatic carbocycles. The van der Waals surface area contributed by atoms with Gasteiger partial charge < -0.3 is 10.6 Å². The summed E-state index contributed by atoms with van der Waals surface area (Å²) < 4.78 is 0. The standard InChI is InChI=1S/C16H21N3O/c1-12(2)14-6-9-19(11-14)16(20)15-5-8-18-10-13(15)4-3-7-17/h5,8,10,12,14H,6-7,9,11,17H2,1-2H3. The fourth-order valence-corrected chi connectivity index (χ4v) is 2.51. The van der Waals surface area contributed by atoms with Gasteiger partial charge in [-0.15, -0.1) is 0 Å². The Labute approximate surface area is 120 Å². The molecular formula is C16H21N3O. The molecule has 1 aromatic heterocycles. The van der Waals surface area contributed by atoms with Crippen molar-refractivity contribution >= 4 is 5.91 Å². The molecule has 1 saturated heterocycles. The lowest BCUT2D eigenvalue weighted by molar-refractivity contribution is 0.0783. The van der Waals surface area contributed by atoms with Crippen LogP contribution in [0.2, 0.25) is 0 Å². The van der Waals surface area contributed by atoms with Crippen LogP contribution in [-0.2, 0) is 0 Å². The number of aromatic nitrogens is 1. The molecule has 4 nitrogen and oxygen atoms in total. The summed E-state index contributed by atoms with van der Waals surface area (Å²) in [5.74, 6) is 6.97. The second-order valence-electron chi connectivity index (χ2n) is 5.47. The van der Waals surface area contributed by atoms with E-state index in [0.717, 1.165) is 19.5 Å². The first-order valence-electron chi connectivity index (χ1n) is 7.05. The molecule has 0 radical (unpaired) electrons. The Morgan fingerprint density at radius 1 is 1.60 bits per heavy atom. The third kappa shape index (κ3) is 3.17. The summed E-state index contributed by atoms with van der Waals surface area (Å²) >= 11 is 0. The van der Waals surface area contributed by atoms with Crippen LogP contribution in [0.3, 0.4) is 0 Å². The summed E-state index contributed by atoms with van der Waals surface area (Å²) in [7, 11) is 0. The van der Waals surface area contributed by atoms with Gasteiger partial charge in [0.05, 0.1) is 17.7 Å². The summed E-state index contributed by atoms with van der Waals surface area (Å²) in [5.41, 5.74) is 6.68. The van der Waals surface area contributed by atoms with E-state index in [1.807, 2.05) is 4.90 Å². The minimum atomic E-state index is 0.0527. The first kappa shape index (κ1) is 14.5. The first-order valence-corrected chi connectivity index (χ1v) is 7.05. The van der Waals surface area contributed by atoms with Crippen LogP contribution in [0.25, 0.3) is 0 Å². The predicted molar refractivity (Wildman–Crippen MR) is 79.0 cm³/mol. The molecule has 0 saturated carbocycles. The molecule has 1 aromatic rings. The Hall–Kier alpha value is -1.86. The van der Waals surface area contributed by atoms with Crippen molar-refractivity contribution in [3.05, 3.63) is 29.6 Å². The van der Waals surface area contributed by atoms with Crippen molar-refractivity contribution in [3.63, 3.8) is 0 Å². The van der Waals surface area contributed by atoms with Gasteiger partial charge in [0.2, 0.25) is 0 Å². The molecule has 2 heterocycles. The van der Waals surface area contributed by atoms with E-state index in [-0.39, 0.29) is 12.5 Å². The number of carbonyl (C=O) groups is 1. The van der Waals surface area contributed by atoms with E-state index in [9.17, 15) is 4.79 Å². The number of hydrogen-bond donors (Lipinski definition) is 1. The Morgan fingerprint density at radius 3 is 3.05 bits per heavy atom. The van der Waals surface area contributed by atoms with Gasteiger partial charge in [-0.25, -0.2) is 0 Å². The molecule has 1 aliphatic rings. The van der Waals surface area contributed by atoms with Crippen molar-refractivity contribution in [1.29, 1.82) is 0 Å². The van der Waals surface area contributed by atoms with Gasteiger partial charge in [-0.05, 0) is 24.3 Å². The van der Waals surface area contributed by atoms with Gasteiger partial charge in [-0.3, -0.25) is 9.78 Å². The molecule has 106 valence electrons. The molecule has 1 atom stereocenters. The highest BCUT2D eigenvalue weighted by molar-refractivity contribution is 5.96. The van der Waals surface area contributed by atoms with Gasteiger partial charge in [0.1, 0.15) is 0 Å². The summed E-state index contributed by atoms with van der Waals surface area (Å²) in [6, 6.07) is 1.74. The van der Waals surface area contributed by atoms with Crippen LogP contribution in [0, 0.1) is 23.7 Å². The number of pyridine rings is 1. The molecule has 2 rings (SSSR count). The highest BCUT2D eigenvalue weighted by atomic mass is 16.2. The van der Waals surface area contributed by atoms with Crippen molar-refractivity contribution < 1.29 is 4.79 Å². The van der Waals surface area contributed by atoms with Crippen LogP contribution in [0.4, 0.5) is 0 Å². The van der Waals surface area contributed by atoms with E-state index in [1.165, 1.54) is 0 Å². The Bertz CT molecular complexity index is 542. The smallest absolute Gasteiger partial charge is 0.255 e. The van der Waals surface area contributed by atoms with Crippen molar-refractivity contribution in [2.75, 3.05) is 19.6 Å². The minimum Gasteiger partial charge on any atom is -0.338 e. The number of amides is 1. The van der Waals surface area contributed by atoms with Crippen LogP contribution in [0.5, 0.6) is 0 Å². The average Bonchev–Trinajstić information content (AvgIpc) is 2.94. The third-order valence-electron chi connectivity index (χ3n) is 3.83. The number of hydrogen-bond acceptors (Lipinski definition) is 3. The number of carbonyl (C=O) groups excluding carboxylic acids is 1. The Kier molecular flexibility index (Phi) is 4.75. The monoisotopic (exact) mass is 271 g/mol. The zero-order valence-electron chi connectivity index (χ0n) is 12.1. The fraction of sp³-hybridized carbons (Fsp3) is 0.500. The molecular weight excluding hydrogens is 250 g/mol. The van der Waals surface area contributed by atoms with Crippen LogP contribution < -0.4 is 5.73 Å². The van der Waals surface area contributed by atoms with Crippen LogP contribution in [0.1, 0.15) is 36.2 Å². The van der Waals surface area contributed by atoms with E-state index in [4.69, 9.17) is 5.73 Å². The molecule has 1 aliphatic heterocycles. The normalized spacial score (nSPS) is 18.0. The lowest BCUT2D eigenvalue weighted by atomic mass is 9.95. The molecule has 0 aromatic carbocycles. The van der Waals surface area contributed by atoms with Crippen molar-refractivity contribution in [2.45, 2.75) is 20.3 Å². The van der Waals surface area contributed by atoms with Gasteiger partial charge in [-0.2, -0.15) is 0 Å². The maximum atomic E-state index is 12.6. The van der Waals surface area contributed by atoms with E-state index in [0.29, 0.717) is 23.0 Å². The second kappa shape index (κ2) is 6.53. The molecule has 0 bridgehead atoms. The van der Waals surface area contributed by atoms with Crippen LogP contribution in [0.15, 0.2) is 18.5 Å². The largest absolute Gasteiger partial charge is 0.338 e. The highest BCUT2D eigenvalue weighted by Gasteiger charge is 2.29. The number of rotatable bonds is 2. The third-order valence-corrected chi connectivity index (χ3v) is 3.83. The maximum absolute atomic E-state index is 12.6. The summed E-state index contributed by atoms with van der Waals surface area (Å²) in [4.78, 5) is 18.6. The van der Waals surface area contributed by atoms with Gasteiger partial charge in [0.15, 0.2) is 0 Å². The van der Waals surface area contributed by atoms with E-state index < -0.39 is 0 Å². The Balaban J connectivity index is 2.18. The second-order valence-corrected chi connectivity index (χ2v) is 5.47. The van der Waals surface area contributed by atoms with E-state index >= 15 is 0 Å². The topological polar surface area (TPSA) is 59.2 Å². The molecule has 20 heavy (non-hydrogen) atoms. The van der Waals surface area contributed by atoms with Gasteiger partial charge in [0, 0.05) is 25.5 Å². The van der Waals surface area contributed by atoms with Crippen molar-refractivity contribution in [3.8, 4) is 11.8 Å². The number of nitrogens with two attached hydrogens (primary N) is 1. The average molecular weight is 271 g/mol. The summed E-state index contributed by atoms with van der Waals surface area (Å²) in [6.45, 7) is 6.37. The van der Waals surface area contributed by atoms with E-state index in [1.54, 1.807) is 18.5 Å². The highest BCUT2D eigenvalue weighted by Crippen LogP contribution is 2.25. The molecule has 0 spiro atoms. The minimum absolute atomic E-state index is 0.0527. The summed E-state index contributed by atoms with van der Waals surface area (Å²) in [6.07, 6.45) is 4.35. The molecule has 1 fully saturated rings. The van der Waals surface area contributed by atoms with Gasteiger partial charge in [-0.1, -0.05) is 25.7 Å². The number of nitrogens with zero attached hydrogens (tertiary/aromatic N) is 2. The maximum Gasteiger partial charge on any atom is 0.255 e. The summed E-state index contributed by atoms with van der Waals surface area (Å²) in [5, 5.41) is 0. The van der Waals surface area contributed by atoms with Gasteiger partial charge in [0.25, 0.3) is 5.91 Å². The van der Waals surface area contributed by atoms with Gasteiger partial charge >= 0.3 is 0 Å². The molecule has 2 N–H and O–H groups in total. The SMILES string of the molecule is CC(C)C1CCN(C(=O)c2ccncc2C#CCN)C1. The molecule has 1 amide bonds. The van der Waals surface area contributed by atoms with Crippen molar-refractivity contribution in [2.24, 2.45) is 17.6 Å².